The summed E-state index contributed by atoms with van der Waals surface area (Å²) in [6.45, 7) is 0.252. The molecule has 9 heteroatoms. The lowest BCUT2D eigenvalue weighted by molar-refractivity contribution is 0.0731. The molecule has 1 atom stereocenters. The van der Waals surface area contributed by atoms with Crippen molar-refractivity contribution in [3.63, 3.8) is 0 Å². The van der Waals surface area contributed by atoms with Gasteiger partial charge in [-0.2, -0.15) is 5.26 Å². The molecule has 5 rings (SSSR count). The molecular formula is C32H25ClN2O6. The maximum Gasteiger partial charge on any atom is 0.347 e. The maximum atomic E-state index is 12.8. The third-order valence-electron chi connectivity index (χ3n) is 6.59. The maximum absolute atomic E-state index is 12.8. The fourth-order valence-corrected chi connectivity index (χ4v) is 4.76. The van der Waals surface area contributed by atoms with Crippen molar-refractivity contribution in [1.29, 1.82) is 5.26 Å². The van der Waals surface area contributed by atoms with E-state index in [9.17, 15) is 10.1 Å². The van der Waals surface area contributed by atoms with Gasteiger partial charge in [0.1, 0.15) is 41.1 Å². The van der Waals surface area contributed by atoms with Gasteiger partial charge in [0, 0.05) is 22.2 Å². The van der Waals surface area contributed by atoms with Gasteiger partial charge in [-0.1, -0.05) is 54.1 Å². The van der Waals surface area contributed by atoms with E-state index in [2.05, 4.69) is 6.07 Å². The highest BCUT2D eigenvalue weighted by Gasteiger charge is 2.32. The Morgan fingerprint density at radius 1 is 0.951 bits per heavy atom. The number of nitrogens with two attached hydrogens (primary N) is 1. The zero-order valence-electron chi connectivity index (χ0n) is 22.2. The molecule has 0 bridgehead atoms. The molecule has 0 aliphatic carbocycles. The van der Waals surface area contributed by atoms with E-state index in [0.717, 1.165) is 11.1 Å². The van der Waals surface area contributed by atoms with Crippen molar-refractivity contribution < 1.29 is 28.5 Å². The lowest BCUT2D eigenvalue weighted by Crippen LogP contribution is -2.21. The van der Waals surface area contributed by atoms with E-state index in [1.165, 1.54) is 14.2 Å². The molecule has 1 unspecified atom stereocenters. The van der Waals surface area contributed by atoms with Gasteiger partial charge in [-0.15, -0.1) is 0 Å². The van der Waals surface area contributed by atoms with Gasteiger partial charge in [0.05, 0.1) is 20.1 Å². The van der Waals surface area contributed by atoms with Crippen LogP contribution in [0, 0.1) is 11.3 Å². The molecule has 0 radical (unpaired) electrons. The number of rotatable bonds is 8. The molecule has 4 aromatic carbocycles. The van der Waals surface area contributed by atoms with Gasteiger partial charge in [-0.3, -0.25) is 0 Å². The normalized spacial score (nSPS) is 13.9. The number of carbonyl (C=O) groups is 1. The van der Waals surface area contributed by atoms with Crippen LogP contribution in [-0.4, -0.2) is 20.2 Å². The second-order valence-electron chi connectivity index (χ2n) is 9.00. The van der Waals surface area contributed by atoms with Crippen LogP contribution < -0.4 is 29.4 Å². The SMILES string of the molecule is COc1cc(C2C(C#N)=C(N)Oc3cc(OC(=O)c4ccccc4OC)ccc32)ccc1OCc1ccccc1Cl. The van der Waals surface area contributed by atoms with Gasteiger partial charge in [0.15, 0.2) is 11.5 Å². The van der Waals surface area contributed by atoms with Gasteiger partial charge in [-0.25, -0.2) is 4.79 Å². The molecule has 1 aliphatic heterocycles. The number of ether oxygens (including phenoxy) is 5. The van der Waals surface area contributed by atoms with Crippen LogP contribution in [0.2, 0.25) is 5.02 Å². The Labute approximate surface area is 242 Å². The molecule has 0 spiro atoms. The topological polar surface area (TPSA) is 113 Å². The van der Waals surface area contributed by atoms with Crippen LogP contribution in [0.1, 0.15) is 33.0 Å². The van der Waals surface area contributed by atoms with Crippen LogP contribution in [0.15, 0.2) is 96.4 Å². The van der Waals surface area contributed by atoms with E-state index >= 15 is 0 Å². The molecular weight excluding hydrogens is 544 g/mol. The molecule has 4 aromatic rings. The standard InChI is InChI=1S/C32H25ClN2O6/c1-37-26-10-6-4-8-23(26)32(36)40-21-12-13-22-28(16-21)41-31(35)24(17-34)30(22)19-11-14-27(29(15-19)38-2)39-18-20-7-3-5-9-25(20)33/h3-16,30H,18,35H2,1-2H3. The Balaban J connectivity index is 1.44. The quantitative estimate of drug-likeness (QED) is 0.193. The summed E-state index contributed by atoms with van der Waals surface area (Å²) in [5, 5.41) is 10.6. The summed E-state index contributed by atoms with van der Waals surface area (Å²) in [6.07, 6.45) is 0. The third-order valence-corrected chi connectivity index (χ3v) is 6.96. The number of para-hydroxylation sites is 1. The largest absolute Gasteiger partial charge is 0.496 e. The average Bonchev–Trinajstić information content (AvgIpc) is 2.99. The van der Waals surface area contributed by atoms with Crippen LogP contribution in [-0.2, 0) is 6.61 Å². The summed E-state index contributed by atoms with van der Waals surface area (Å²) in [4.78, 5) is 12.8. The average molecular weight is 569 g/mol. The Morgan fingerprint density at radius 3 is 2.46 bits per heavy atom. The van der Waals surface area contributed by atoms with Crippen LogP contribution in [0.25, 0.3) is 0 Å². The molecule has 8 nitrogen and oxygen atoms in total. The number of allylic oxidation sites excluding steroid dienone is 1. The number of carbonyl (C=O) groups excluding carboxylic acids is 1. The summed E-state index contributed by atoms with van der Waals surface area (Å²) in [5.74, 6) is 0.782. The van der Waals surface area contributed by atoms with Gasteiger partial charge in [0.2, 0.25) is 5.88 Å². The van der Waals surface area contributed by atoms with Crippen LogP contribution >= 0.6 is 11.6 Å². The lowest BCUT2D eigenvalue weighted by atomic mass is 9.83. The second kappa shape index (κ2) is 11.9. The first kappa shape index (κ1) is 27.4. The van der Waals surface area contributed by atoms with E-state index in [1.807, 2.05) is 24.3 Å². The summed E-state index contributed by atoms with van der Waals surface area (Å²) < 4.78 is 28.3. The fraction of sp³-hybridized carbons (Fsp3) is 0.125. The molecule has 1 heterocycles. The summed E-state index contributed by atoms with van der Waals surface area (Å²) >= 11 is 6.26. The van der Waals surface area contributed by atoms with Crippen molar-refractivity contribution in [2.24, 2.45) is 5.73 Å². The number of benzene rings is 4. The van der Waals surface area contributed by atoms with Crippen molar-refractivity contribution in [2.75, 3.05) is 14.2 Å². The predicted octanol–water partition coefficient (Wildman–Crippen LogP) is 6.37. The van der Waals surface area contributed by atoms with Gasteiger partial charge >= 0.3 is 5.97 Å². The number of nitrogens with zero attached hydrogens (tertiary/aromatic N) is 1. The van der Waals surface area contributed by atoms with Crippen molar-refractivity contribution in [3.05, 3.63) is 124 Å². The minimum atomic E-state index is -0.590. The zero-order chi connectivity index (χ0) is 28.9. The number of hydrogen-bond donors (Lipinski definition) is 1. The molecule has 0 fully saturated rings. The first-order valence-corrected chi connectivity index (χ1v) is 12.9. The van der Waals surface area contributed by atoms with E-state index < -0.39 is 11.9 Å². The number of esters is 1. The van der Waals surface area contributed by atoms with E-state index in [0.29, 0.717) is 33.6 Å². The molecule has 2 N–H and O–H groups in total. The van der Waals surface area contributed by atoms with Crippen molar-refractivity contribution in [1.82, 2.24) is 0 Å². The fourth-order valence-electron chi connectivity index (χ4n) is 4.57. The number of nitriles is 1. The smallest absolute Gasteiger partial charge is 0.347 e. The summed E-state index contributed by atoms with van der Waals surface area (Å²) in [6, 6.07) is 26.7. The molecule has 0 saturated heterocycles. The van der Waals surface area contributed by atoms with Crippen LogP contribution in [0.5, 0.6) is 28.7 Å². The monoisotopic (exact) mass is 568 g/mol. The minimum absolute atomic E-state index is 0.0452. The highest BCUT2D eigenvalue weighted by Crippen LogP contribution is 2.45. The van der Waals surface area contributed by atoms with Crippen molar-refractivity contribution in [2.45, 2.75) is 12.5 Å². The van der Waals surface area contributed by atoms with Gasteiger partial charge in [-0.05, 0) is 42.0 Å². The Kier molecular flexibility index (Phi) is 7.99. The molecule has 1 aliphatic rings. The number of methoxy groups -OCH3 is 2. The van der Waals surface area contributed by atoms with E-state index in [-0.39, 0.29) is 29.4 Å². The molecule has 0 saturated carbocycles. The molecule has 0 amide bonds. The minimum Gasteiger partial charge on any atom is -0.496 e. The summed E-state index contributed by atoms with van der Waals surface area (Å²) in [7, 11) is 3.02. The van der Waals surface area contributed by atoms with Crippen molar-refractivity contribution >= 4 is 17.6 Å². The third kappa shape index (κ3) is 5.62. The molecule has 206 valence electrons. The Morgan fingerprint density at radius 2 is 1.71 bits per heavy atom. The first-order valence-electron chi connectivity index (χ1n) is 12.5. The Hall–Kier alpha value is -5.13. The highest BCUT2D eigenvalue weighted by molar-refractivity contribution is 6.31. The van der Waals surface area contributed by atoms with Crippen LogP contribution in [0.4, 0.5) is 0 Å². The lowest BCUT2D eigenvalue weighted by Gasteiger charge is -2.27. The second-order valence-corrected chi connectivity index (χ2v) is 9.41. The highest BCUT2D eigenvalue weighted by atomic mass is 35.5. The predicted molar refractivity (Wildman–Crippen MR) is 152 cm³/mol. The first-order chi connectivity index (χ1) is 19.9. The zero-order valence-corrected chi connectivity index (χ0v) is 23.0. The van der Waals surface area contributed by atoms with Gasteiger partial charge < -0.3 is 29.4 Å². The number of hydrogen-bond acceptors (Lipinski definition) is 8. The number of halogens is 1. The number of fused-ring (bicyclic) bond motifs is 1. The van der Waals surface area contributed by atoms with Gasteiger partial charge in [0.25, 0.3) is 0 Å². The van der Waals surface area contributed by atoms with Crippen molar-refractivity contribution in [3.8, 4) is 34.8 Å². The van der Waals surface area contributed by atoms with Crippen LogP contribution in [0.3, 0.4) is 0 Å². The van der Waals surface area contributed by atoms with E-state index in [1.54, 1.807) is 60.7 Å². The Bertz CT molecular complexity index is 1690. The van der Waals surface area contributed by atoms with E-state index in [4.69, 9.17) is 41.0 Å². The molecule has 0 aromatic heterocycles. The molecule has 41 heavy (non-hydrogen) atoms. The summed E-state index contributed by atoms with van der Waals surface area (Å²) in [5.41, 5.74) is 8.93.